The molecule has 0 bridgehead atoms. The molecule has 0 spiro atoms. The SMILES string of the molecule is CCCCc1cc(C#N)c(-c2cc(Cl)ccc2OC(=O)OCC)c(F)c1O.CCCCc1cc(C#N)c(-c2cc(Cl)ccc2OC(=O)OCC)c(F)c1O. The summed E-state index contributed by atoms with van der Waals surface area (Å²) in [6.45, 7) is 7.38. The molecule has 2 N–H and O–H groups in total. The number of nitriles is 2. The third kappa shape index (κ3) is 10.8. The standard InChI is InChI=1S/2C20H19ClFNO4/c2*1-3-5-6-12-9-13(11-23)17(18(22)19(12)24)15-10-14(21)7-8-16(15)27-20(25)26-4-2/h2*7-10,24H,3-6H2,1-2H3. The maximum absolute atomic E-state index is 15.0. The van der Waals surface area contributed by atoms with Crippen molar-refractivity contribution in [2.45, 2.75) is 66.2 Å². The zero-order valence-electron chi connectivity index (χ0n) is 30.0. The van der Waals surface area contributed by atoms with Crippen LogP contribution in [0.5, 0.6) is 23.0 Å². The number of hydrogen-bond acceptors (Lipinski definition) is 10. The number of nitrogens with zero attached hydrogens (tertiary/aromatic N) is 2. The molecule has 0 aliphatic heterocycles. The largest absolute Gasteiger partial charge is 0.513 e. The lowest BCUT2D eigenvalue weighted by molar-refractivity contribution is 0.103. The van der Waals surface area contributed by atoms with Gasteiger partial charge in [0.25, 0.3) is 0 Å². The normalized spacial score (nSPS) is 10.3. The second kappa shape index (κ2) is 20.6. The average molecular weight is 784 g/mol. The number of phenolic OH excluding ortho intramolecular Hbond substituents is 2. The number of benzene rings is 4. The van der Waals surface area contributed by atoms with Crippen molar-refractivity contribution in [2.75, 3.05) is 13.2 Å². The van der Waals surface area contributed by atoms with Gasteiger partial charge in [0.05, 0.1) is 36.5 Å². The van der Waals surface area contributed by atoms with Crippen LogP contribution in [0.4, 0.5) is 18.4 Å². The van der Waals surface area contributed by atoms with Crippen LogP contribution in [0.25, 0.3) is 22.3 Å². The fourth-order valence-electron chi connectivity index (χ4n) is 5.25. The minimum absolute atomic E-state index is 0.00683. The lowest BCUT2D eigenvalue weighted by Crippen LogP contribution is -2.11. The summed E-state index contributed by atoms with van der Waals surface area (Å²) in [6, 6.07) is 15.1. The van der Waals surface area contributed by atoms with Crippen LogP contribution in [0.2, 0.25) is 10.0 Å². The Labute approximate surface area is 322 Å². The van der Waals surface area contributed by atoms with Gasteiger partial charge in [-0.1, -0.05) is 49.9 Å². The van der Waals surface area contributed by atoms with Gasteiger partial charge in [0.15, 0.2) is 23.1 Å². The molecule has 0 fully saturated rings. The Balaban J connectivity index is 0.000000290. The summed E-state index contributed by atoms with van der Waals surface area (Å²) in [5.74, 6) is -3.05. The van der Waals surface area contributed by atoms with Crippen molar-refractivity contribution in [1.82, 2.24) is 0 Å². The van der Waals surface area contributed by atoms with Gasteiger partial charge in [-0.2, -0.15) is 10.5 Å². The van der Waals surface area contributed by atoms with E-state index in [1.54, 1.807) is 13.8 Å². The van der Waals surface area contributed by atoms with Crippen LogP contribution in [-0.4, -0.2) is 35.7 Å². The molecule has 4 rings (SSSR count). The van der Waals surface area contributed by atoms with Crippen molar-refractivity contribution in [1.29, 1.82) is 10.5 Å². The van der Waals surface area contributed by atoms with Crippen molar-refractivity contribution >= 4 is 35.5 Å². The molecule has 0 heterocycles. The number of carbonyl (C=O) groups excluding carboxylic acids is 2. The number of ether oxygens (including phenoxy) is 4. The highest BCUT2D eigenvalue weighted by atomic mass is 35.5. The fraction of sp³-hybridized carbons (Fsp3) is 0.300. The summed E-state index contributed by atoms with van der Waals surface area (Å²) in [5.41, 5.74) is 0.492. The minimum Gasteiger partial charge on any atom is -0.505 e. The number of rotatable bonds is 12. The van der Waals surface area contributed by atoms with Crippen molar-refractivity contribution in [3.63, 3.8) is 0 Å². The molecular formula is C40H38Cl2F2N2O8. The number of hydrogen-bond donors (Lipinski definition) is 2. The van der Waals surface area contributed by atoms with Gasteiger partial charge in [-0.05, 0) is 99.2 Å². The van der Waals surface area contributed by atoms with Gasteiger partial charge >= 0.3 is 12.3 Å². The van der Waals surface area contributed by atoms with Crippen molar-refractivity contribution in [3.8, 4) is 57.4 Å². The molecule has 0 amide bonds. The maximum Gasteiger partial charge on any atom is 0.513 e. The molecule has 4 aromatic rings. The summed E-state index contributed by atoms with van der Waals surface area (Å²) in [6.07, 6.45) is 2.14. The lowest BCUT2D eigenvalue weighted by atomic mass is 9.94. The molecule has 54 heavy (non-hydrogen) atoms. The second-order valence-electron chi connectivity index (χ2n) is 11.5. The van der Waals surface area contributed by atoms with E-state index in [9.17, 15) is 30.3 Å². The van der Waals surface area contributed by atoms with Crippen LogP contribution in [0, 0.1) is 34.3 Å². The Morgan fingerprint density at radius 3 is 1.35 bits per heavy atom. The first-order chi connectivity index (χ1) is 25.8. The number of halogens is 4. The predicted molar refractivity (Wildman–Crippen MR) is 199 cm³/mol. The Kier molecular flexibility index (Phi) is 16.4. The summed E-state index contributed by atoms with van der Waals surface area (Å²) in [5, 5.41) is 40.0. The summed E-state index contributed by atoms with van der Waals surface area (Å²) < 4.78 is 49.7. The van der Waals surface area contributed by atoms with E-state index >= 15 is 8.78 Å². The first-order valence-corrected chi connectivity index (χ1v) is 17.8. The molecule has 0 aliphatic rings. The highest BCUT2D eigenvalue weighted by Gasteiger charge is 2.25. The smallest absolute Gasteiger partial charge is 0.505 e. The molecule has 0 unspecified atom stereocenters. The number of carbonyl (C=O) groups is 2. The molecule has 0 saturated heterocycles. The first kappa shape index (κ1) is 42.8. The maximum atomic E-state index is 15.0. The van der Waals surface area contributed by atoms with Gasteiger partial charge in [-0.3, -0.25) is 0 Å². The molecule has 0 aromatic heterocycles. The van der Waals surface area contributed by atoms with E-state index < -0.39 is 35.4 Å². The number of phenols is 2. The van der Waals surface area contributed by atoms with E-state index in [0.717, 1.165) is 25.7 Å². The monoisotopic (exact) mass is 782 g/mol. The molecular weight excluding hydrogens is 745 g/mol. The molecule has 0 aliphatic carbocycles. The van der Waals surface area contributed by atoms with E-state index in [0.29, 0.717) is 24.0 Å². The first-order valence-electron chi connectivity index (χ1n) is 17.0. The molecule has 0 atom stereocenters. The van der Waals surface area contributed by atoms with Gasteiger partial charge in [-0.15, -0.1) is 0 Å². The molecule has 10 nitrogen and oxygen atoms in total. The molecule has 284 valence electrons. The Morgan fingerprint density at radius 2 is 1.04 bits per heavy atom. The minimum atomic E-state index is -0.969. The molecule has 0 radical (unpaired) electrons. The Bertz CT molecular complexity index is 1930. The fourth-order valence-corrected chi connectivity index (χ4v) is 5.59. The van der Waals surface area contributed by atoms with Crippen LogP contribution >= 0.6 is 23.2 Å². The number of aryl methyl sites for hydroxylation is 2. The van der Waals surface area contributed by atoms with E-state index in [4.69, 9.17) is 42.1 Å². The number of aromatic hydroxyl groups is 2. The van der Waals surface area contributed by atoms with E-state index in [1.165, 1.54) is 48.5 Å². The third-order valence-electron chi connectivity index (χ3n) is 7.81. The van der Waals surface area contributed by atoms with Crippen molar-refractivity contribution in [2.24, 2.45) is 0 Å². The highest BCUT2D eigenvalue weighted by Crippen LogP contribution is 2.42. The second-order valence-corrected chi connectivity index (χ2v) is 12.4. The Hall–Kier alpha value is -5.56. The van der Waals surface area contributed by atoms with Gasteiger partial charge in [0.2, 0.25) is 0 Å². The van der Waals surface area contributed by atoms with Gasteiger partial charge in [0.1, 0.15) is 11.5 Å². The van der Waals surface area contributed by atoms with Crippen LogP contribution < -0.4 is 9.47 Å². The van der Waals surface area contributed by atoms with Crippen LogP contribution in [0.15, 0.2) is 48.5 Å². The summed E-state index contributed by atoms with van der Waals surface area (Å²) in [7, 11) is 0. The van der Waals surface area contributed by atoms with Gasteiger partial charge in [0, 0.05) is 32.3 Å². The van der Waals surface area contributed by atoms with Crippen molar-refractivity contribution < 1.29 is 47.5 Å². The van der Waals surface area contributed by atoms with Gasteiger partial charge < -0.3 is 29.2 Å². The molecule has 14 heteroatoms. The van der Waals surface area contributed by atoms with E-state index in [-0.39, 0.29) is 68.1 Å². The zero-order valence-corrected chi connectivity index (χ0v) is 31.5. The zero-order chi connectivity index (χ0) is 39.9. The lowest BCUT2D eigenvalue weighted by Gasteiger charge is -2.15. The Morgan fingerprint density at radius 1 is 0.667 bits per heavy atom. The van der Waals surface area contributed by atoms with Crippen LogP contribution in [-0.2, 0) is 22.3 Å². The number of unbranched alkanes of at least 4 members (excludes halogenated alkanes) is 2. The summed E-state index contributed by atoms with van der Waals surface area (Å²) in [4.78, 5) is 23.3. The summed E-state index contributed by atoms with van der Waals surface area (Å²) >= 11 is 12.0. The van der Waals surface area contributed by atoms with E-state index in [2.05, 4.69) is 0 Å². The molecule has 4 aromatic carbocycles. The highest BCUT2D eigenvalue weighted by molar-refractivity contribution is 6.31. The van der Waals surface area contributed by atoms with Crippen molar-refractivity contribution in [3.05, 3.63) is 92.5 Å². The predicted octanol–water partition coefficient (Wildman–Crippen LogP) is 11.2. The third-order valence-corrected chi connectivity index (χ3v) is 8.28. The quantitative estimate of drug-likeness (QED) is 0.105. The van der Waals surface area contributed by atoms with E-state index in [1.807, 2.05) is 26.0 Å². The topological polar surface area (TPSA) is 159 Å². The van der Waals surface area contributed by atoms with Gasteiger partial charge in [-0.25, -0.2) is 18.4 Å². The van der Waals surface area contributed by atoms with Crippen LogP contribution in [0.3, 0.4) is 0 Å². The molecule has 0 saturated carbocycles. The van der Waals surface area contributed by atoms with Crippen LogP contribution in [0.1, 0.15) is 75.6 Å². The average Bonchev–Trinajstić information content (AvgIpc) is 3.14.